The molecule has 0 aliphatic heterocycles. The molecule has 0 spiro atoms. The van der Waals surface area contributed by atoms with Crippen LogP contribution in [0.15, 0.2) is 78.9 Å². The van der Waals surface area contributed by atoms with Gasteiger partial charge in [-0.25, -0.2) is 4.79 Å². The van der Waals surface area contributed by atoms with E-state index in [0.29, 0.717) is 17.8 Å². The van der Waals surface area contributed by atoms with Crippen LogP contribution in [0, 0.1) is 0 Å². The van der Waals surface area contributed by atoms with Crippen LogP contribution in [-0.2, 0) is 16.1 Å². The summed E-state index contributed by atoms with van der Waals surface area (Å²) >= 11 is 0. The van der Waals surface area contributed by atoms with E-state index in [9.17, 15) is 14.4 Å². The van der Waals surface area contributed by atoms with Crippen LogP contribution in [0.4, 0.5) is 10.5 Å². The van der Waals surface area contributed by atoms with Crippen LogP contribution in [0.25, 0.3) is 6.08 Å². The van der Waals surface area contributed by atoms with E-state index in [2.05, 4.69) is 10.6 Å². The van der Waals surface area contributed by atoms with Gasteiger partial charge in [-0.1, -0.05) is 24.3 Å². The minimum absolute atomic E-state index is 0.217. The second-order valence-corrected chi connectivity index (χ2v) is 7.28. The van der Waals surface area contributed by atoms with E-state index in [-0.39, 0.29) is 24.2 Å². The van der Waals surface area contributed by atoms with E-state index in [4.69, 9.17) is 14.2 Å². The number of ether oxygens (including phenoxy) is 3. The second-order valence-electron chi connectivity index (χ2n) is 7.28. The van der Waals surface area contributed by atoms with Crippen molar-refractivity contribution in [1.29, 1.82) is 0 Å². The highest BCUT2D eigenvalue weighted by atomic mass is 16.7. The van der Waals surface area contributed by atoms with Gasteiger partial charge in [0.1, 0.15) is 11.5 Å². The van der Waals surface area contributed by atoms with Crippen LogP contribution >= 0.6 is 0 Å². The highest BCUT2D eigenvalue weighted by molar-refractivity contribution is 6.02. The van der Waals surface area contributed by atoms with Crippen molar-refractivity contribution in [2.45, 2.75) is 13.5 Å². The highest BCUT2D eigenvalue weighted by Crippen LogP contribution is 2.15. The summed E-state index contributed by atoms with van der Waals surface area (Å²) in [6.45, 7) is 2.21. The Morgan fingerprint density at radius 2 is 1.51 bits per heavy atom. The molecule has 3 rings (SSSR count). The molecule has 0 aliphatic carbocycles. The van der Waals surface area contributed by atoms with Gasteiger partial charge in [-0.05, 0) is 72.7 Å². The molecular weight excluding hydrogens is 448 g/mol. The monoisotopic (exact) mass is 474 g/mol. The molecule has 8 nitrogen and oxygen atoms in total. The van der Waals surface area contributed by atoms with E-state index >= 15 is 0 Å². The quantitative estimate of drug-likeness (QED) is 0.262. The third-order valence-corrected chi connectivity index (χ3v) is 4.80. The Morgan fingerprint density at radius 3 is 2.14 bits per heavy atom. The zero-order valence-electron chi connectivity index (χ0n) is 19.4. The molecular formula is C27H26N2O6. The number of anilines is 1. The Balaban J connectivity index is 1.46. The molecule has 0 heterocycles. The summed E-state index contributed by atoms with van der Waals surface area (Å²) < 4.78 is 14.8. The number of carbonyl (C=O) groups is 3. The molecule has 3 aromatic carbocycles. The number of benzene rings is 3. The van der Waals surface area contributed by atoms with Crippen molar-refractivity contribution in [3.8, 4) is 11.5 Å². The van der Waals surface area contributed by atoms with Gasteiger partial charge < -0.3 is 24.8 Å². The Bertz CT molecular complexity index is 1170. The summed E-state index contributed by atoms with van der Waals surface area (Å²) in [7, 11) is 1.60. The van der Waals surface area contributed by atoms with E-state index in [0.717, 1.165) is 16.9 Å². The third-order valence-electron chi connectivity index (χ3n) is 4.80. The predicted molar refractivity (Wildman–Crippen MR) is 132 cm³/mol. The molecule has 180 valence electrons. The Kier molecular flexibility index (Phi) is 9.01. The summed E-state index contributed by atoms with van der Waals surface area (Å²) in [5.74, 6) is 0.517. The molecule has 0 saturated heterocycles. The topological polar surface area (TPSA) is 103 Å². The first kappa shape index (κ1) is 25.0. The molecule has 0 bridgehead atoms. The van der Waals surface area contributed by atoms with Gasteiger partial charge in [-0.2, -0.15) is 0 Å². The molecule has 35 heavy (non-hydrogen) atoms. The first-order valence-electron chi connectivity index (χ1n) is 10.9. The van der Waals surface area contributed by atoms with Gasteiger partial charge in [0.25, 0.3) is 5.91 Å². The summed E-state index contributed by atoms with van der Waals surface area (Å²) in [6.07, 6.45) is 2.38. The Labute approximate surface area is 203 Å². The van der Waals surface area contributed by atoms with Gasteiger partial charge in [-0.15, -0.1) is 0 Å². The number of hydrogen-bond donors (Lipinski definition) is 2. The number of nitrogens with one attached hydrogen (secondary N) is 2. The van der Waals surface area contributed by atoms with E-state index in [1.165, 1.54) is 18.2 Å². The number of methoxy groups -OCH3 is 1. The fourth-order valence-corrected chi connectivity index (χ4v) is 2.98. The van der Waals surface area contributed by atoms with Crippen LogP contribution in [-0.4, -0.2) is 31.7 Å². The second kappa shape index (κ2) is 12.6. The summed E-state index contributed by atoms with van der Waals surface area (Å²) in [5, 5.41) is 5.62. The lowest BCUT2D eigenvalue weighted by molar-refractivity contribution is -0.111. The van der Waals surface area contributed by atoms with Crippen molar-refractivity contribution in [1.82, 2.24) is 5.32 Å². The highest BCUT2D eigenvalue weighted by Gasteiger charge is 2.08. The lowest BCUT2D eigenvalue weighted by Gasteiger charge is -2.08. The van der Waals surface area contributed by atoms with Crippen molar-refractivity contribution in [2.75, 3.05) is 19.0 Å². The maximum atomic E-state index is 12.4. The molecule has 0 atom stereocenters. The van der Waals surface area contributed by atoms with E-state index < -0.39 is 6.16 Å². The standard InChI is InChI=1S/C27H26N2O6/c1-3-34-27(32)35-24-15-9-21(10-16-24)26(31)28-18-20-4-11-22(12-5-20)29-25(30)17-8-19-6-13-23(33-2)14-7-19/h4-17H,3,18H2,1-2H3,(H,28,31)(H,29,30)/b17-8+. The van der Waals surface area contributed by atoms with Crippen LogP contribution in [0.5, 0.6) is 11.5 Å². The number of hydrogen-bond acceptors (Lipinski definition) is 6. The zero-order chi connectivity index (χ0) is 25.0. The van der Waals surface area contributed by atoms with E-state index in [1.807, 2.05) is 36.4 Å². The lowest BCUT2D eigenvalue weighted by atomic mass is 10.1. The SMILES string of the molecule is CCOC(=O)Oc1ccc(C(=O)NCc2ccc(NC(=O)/C=C/c3ccc(OC)cc3)cc2)cc1. The largest absolute Gasteiger partial charge is 0.513 e. The normalized spacial score (nSPS) is 10.5. The average molecular weight is 475 g/mol. The van der Waals surface area contributed by atoms with Gasteiger partial charge in [0.2, 0.25) is 5.91 Å². The maximum Gasteiger partial charge on any atom is 0.513 e. The minimum atomic E-state index is -0.794. The van der Waals surface area contributed by atoms with Crippen LogP contribution in [0.3, 0.4) is 0 Å². The van der Waals surface area contributed by atoms with Crippen LogP contribution in [0.2, 0.25) is 0 Å². The summed E-state index contributed by atoms with van der Waals surface area (Å²) in [4.78, 5) is 35.9. The van der Waals surface area contributed by atoms with Crippen molar-refractivity contribution in [3.63, 3.8) is 0 Å². The van der Waals surface area contributed by atoms with Gasteiger partial charge in [-0.3, -0.25) is 9.59 Å². The molecule has 0 unspecified atom stereocenters. The van der Waals surface area contributed by atoms with Gasteiger partial charge in [0.05, 0.1) is 13.7 Å². The van der Waals surface area contributed by atoms with Crippen molar-refractivity contribution in [3.05, 3.63) is 95.6 Å². The van der Waals surface area contributed by atoms with Gasteiger partial charge in [0.15, 0.2) is 0 Å². The molecule has 2 N–H and O–H groups in total. The van der Waals surface area contributed by atoms with Gasteiger partial charge >= 0.3 is 6.16 Å². The number of rotatable bonds is 9. The first-order chi connectivity index (χ1) is 17.0. The summed E-state index contributed by atoms with van der Waals surface area (Å²) in [5.41, 5.74) is 2.82. The molecule has 0 radical (unpaired) electrons. The Hall–Kier alpha value is -4.59. The van der Waals surface area contributed by atoms with E-state index in [1.54, 1.807) is 44.4 Å². The first-order valence-corrected chi connectivity index (χ1v) is 10.9. The molecule has 0 aliphatic rings. The van der Waals surface area contributed by atoms with Gasteiger partial charge in [0, 0.05) is 23.9 Å². The Morgan fingerprint density at radius 1 is 0.857 bits per heavy atom. The molecule has 2 amide bonds. The molecule has 0 aromatic heterocycles. The predicted octanol–water partition coefficient (Wildman–Crippen LogP) is 4.81. The van der Waals surface area contributed by atoms with Crippen LogP contribution < -0.4 is 20.1 Å². The minimum Gasteiger partial charge on any atom is -0.497 e. The lowest BCUT2D eigenvalue weighted by Crippen LogP contribution is -2.22. The van der Waals surface area contributed by atoms with Crippen LogP contribution in [0.1, 0.15) is 28.4 Å². The molecule has 0 fully saturated rings. The number of amides is 2. The fourth-order valence-electron chi connectivity index (χ4n) is 2.98. The summed E-state index contributed by atoms with van der Waals surface area (Å²) in [6, 6.07) is 20.7. The van der Waals surface area contributed by atoms with Crippen molar-refractivity contribution < 1.29 is 28.6 Å². The maximum absolute atomic E-state index is 12.4. The van der Waals surface area contributed by atoms with Crippen molar-refractivity contribution >= 4 is 29.7 Å². The average Bonchev–Trinajstić information content (AvgIpc) is 2.88. The molecule has 0 saturated carbocycles. The number of carbonyl (C=O) groups excluding carboxylic acids is 3. The smallest absolute Gasteiger partial charge is 0.497 e. The molecule has 3 aromatic rings. The zero-order valence-corrected chi connectivity index (χ0v) is 19.4. The third kappa shape index (κ3) is 8.04. The van der Waals surface area contributed by atoms with Crippen molar-refractivity contribution in [2.24, 2.45) is 0 Å². The fraction of sp³-hybridized carbons (Fsp3) is 0.148. The molecule has 8 heteroatoms.